The van der Waals surface area contributed by atoms with E-state index in [1.807, 2.05) is 6.92 Å². The predicted molar refractivity (Wildman–Crippen MR) is 73.5 cm³/mol. The molecule has 2 rings (SSSR count). The molecule has 17 heavy (non-hydrogen) atoms. The van der Waals surface area contributed by atoms with Crippen LogP contribution in [0.25, 0.3) is 10.8 Å². The van der Waals surface area contributed by atoms with Gasteiger partial charge in [-0.05, 0) is 25.3 Å². The van der Waals surface area contributed by atoms with E-state index in [0.29, 0.717) is 6.04 Å². The third-order valence-corrected chi connectivity index (χ3v) is 2.76. The first kappa shape index (κ1) is 11.9. The summed E-state index contributed by atoms with van der Waals surface area (Å²) in [6.07, 6.45) is 0. The first-order valence-corrected chi connectivity index (χ1v) is 6.13. The second-order valence-electron chi connectivity index (χ2n) is 4.23. The van der Waals surface area contributed by atoms with Crippen molar-refractivity contribution in [2.24, 2.45) is 0 Å². The smallest absolute Gasteiger partial charge is 0.0664 e. The lowest BCUT2D eigenvalue weighted by atomic mass is 10.1. The number of hydrogen-bond acceptors (Lipinski definition) is 2. The van der Waals surface area contributed by atoms with Crippen LogP contribution in [0.5, 0.6) is 0 Å². The third-order valence-electron chi connectivity index (χ3n) is 2.76. The fraction of sp³-hybridized carbons (Fsp3) is 0.333. The van der Waals surface area contributed by atoms with Gasteiger partial charge in [0.15, 0.2) is 0 Å². The van der Waals surface area contributed by atoms with Crippen molar-refractivity contribution < 1.29 is 4.74 Å². The fourth-order valence-corrected chi connectivity index (χ4v) is 1.95. The van der Waals surface area contributed by atoms with Gasteiger partial charge in [-0.1, -0.05) is 36.4 Å². The molecule has 0 aliphatic carbocycles. The van der Waals surface area contributed by atoms with E-state index >= 15 is 0 Å². The molecule has 2 heteroatoms. The first-order valence-electron chi connectivity index (χ1n) is 6.13. The fourth-order valence-electron chi connectivity index (χ4n) is 1.95. The molecule has 0 aliphatic heterocycles. The monoisotopic (exact) mass is 229 g/mol. The number of rotatable bonds is 5. The maximum atomic E-state index is 5.42. The van der Waals surface area contributed by atoms with Gasteiger partial charge in [0.2, 0.25) is 0 Å². The predicted octanol–water partition coefficient (Wildman–Crippen LogP) is 3.68. The largest absolute Gasteiger partial charge is 0.380 e. The van der Waals surface area contributed by atoms with Crippen LogP contribution in [0.4, 0.5) is 5.69 Å². The Balaban J connectivity index is 2.18. The SMILES string of the molecule is CCOCC(C)Nc1cccc2ccccc12. The first-order chi connectivity index (χ1) is 8.31. The summed E-state index contributed by atoms with van der Waals surface area (Å²) in [7, 11) is 0. The molecule has 2 aromatic rings. The van der Waals surface area contributed by atoms with Crippen molar-refractivity contribution in [3.8, 4) is 0 Å². The van der Waals surface area contributed by atoms with Crippen LogP contribution in [-0.2, 0) is 4.74 Å². The molecule has 1 N–H and O–H groups in total. The Morgan fingerprint density at radius 2 is 1.88 bits per heavy atom. The van der Waals surface area contributed by atoms with E-state index in [2.05, 4.69) is 54.7 Å². The second kappa shape index (κ2) is 5.69. The van der Waals surface area contributed by atoms with Crippen LogP contribution in [-0.4, -0.2) is 19.3 Å². The Hall–Kier alpha value is -1.54. The highest BCUT2D eigenvalue weighted by atomic mass is 16.5. The van der Waals surface area contributed by atoms with Gasteiger partial charge in [-0.2, -0.15) is 0 Å². The lowest BCUT2D eigenvalue weighted by Crippen LogP contribution is -2.21. The van der Waals surface area contributed by atoms with Crippen molar-refractivity contribution in [1.82, 2.24) is 0 Å². The molecule has 0 aliphatic rings. The molecular formula is C15H19NO. The zero-order chi connectivity index (χ0) is 12.1. The van der Waals surface area contributed by atoms with Gasteiger partial charge >= 0.3 is 0 Å². The Morgan fingerprint density at radius 3 is 2.71 bits per heavy atom. The minimum Gasteiger partial charge on any atom is -0.380 e. The average molecular weight is 229 g/mol. The van der Waals surface area contributed by atoms with E-state index in [0.717, 1.165) is 13.2 Å². The summed E-state index contributed by atoms with van der Waals surface area (Å²) >= 11 is 0. The van der Waals surface area contributed by atoms with Crippen LogP contribution < -0.4 is 5.32 Å². The molecule has 2 aromatic carbocycles. The Kier molecular flexibility index (Phi) is 3.99. The average Bonchev–Trinajstić information content (AvgIpc) is 2.37. The van der Waals surface area contributed by atoms with E-state index in [1.54, 1.807) is 0 Å². The van der Waals surface area contributed by atoms with Crippen LogP contribution in [0.1, 0.15) is 13.8 Å². The van der Waals surface area contributed by atoms with E-state index in [1.165, 1.54) is 16.5 Å². The highest BCUT2D eigenvalue weighted by Crippen LogP contribution is 2.23. The van der Waals surface area contributed by atoms with Crippen molar-refractivity contribution >= 4 is 16.5 Å². The Labute approximate surface area is 103 Å². The van der Waals surface area contributed by atoms with Crippen molar-refractivity contribution in [3.63, 3.8) is 0 Å². The molecule has 1 unspecified atom stereocenters. The minimum absolute atomic E-state index is 0.320. The highest BCUT2D eigenvalue weighted by Gasteiger charge is 2.04. The second-order valence-corrected chi connectivity index (χ2v) is 4.23. The van der Waals surface area contributed by atoms with Crippen LogP contribution in [0, 0.1) is 0 Å². The molecule has 2 nitrogen and oxygen atoms in total. The summed E-state index contributed by atoms with van der Waals surface area (Å²) in [5.74, 6) is 0. The van der Waals surface area contributed by atoms with Crippen molar-refractivity contribution in [2.75, 3.05) is 18.5 Å². The lowest BCUT2D eigenvalue weighted by Gasteiger charge is -2.16. The topological polar surface area (TPSA) is 21.3 Å². The van der Waals surface area contributed by atoms with Crippen molar-refractivity contribution in [1.29, 1.82) is 0 Å². The van der Waals surface area contributed by atoms with Gasteiger partial charge in [0, 0.05) is 23.7 Å². The van der Waals surface area contributed by atoms with E-state index in [4.69, 9.17) is 4.74 Å². The minimum atomic E-state index is 0.320. The number of hydrogen-bond donors (Lipinski definition) is 1. The van der Waals surface area contributed by atoms with Crippen LogP contribution in [0.15, 0.2) is 42.5 Å². The van der Waals surface area contributed by atoms with Gasteiger partial charge < -0.3 is 10.1 Å². The maximum absolute atomic E-state index is 5.42. The van der Waals surface area contributed by atoms with Gasteiger partial charge in [-0.3, -0.25) is 0 Å². The number of fused-ring (bicyclic) bond motifs is 1. The standard InChI is InChI=1S/C15H19NO/c1-3-17-11-12(2)16-15-10-6-8-13-7-4-5-9-14(13)15/h4-10,12,16H,3,11H2,1-2H3. The van der Waals surface area contributed by atoms with Gasteiger partial charge in [-0.25, -0.2) is 0 Å². The summed E-state index contributed by atoms with van der Waals surface area (Å²) in [5, 5.41) is 6.02. The summed E-state index contributed by atoms with van der Waals surface area (Å²) in [6, 6.07) is 15.1. The quantitative estimate of drug-likeness (QED) is 0.844. The normalized spacial score (nSPS) is 12.6. The van der Waals surface area contributed by atoms with E-state index < -0.39 is 0 Å². The van der Waals surface area contributed by atoms with Crippen LogP contribution in [0.2, 0.25) is 0 Å². The number of nitrogens with one attached hydrogen (secondary N) is 1. The third kappa shape index (κ3) is 2.98. The maximum Gasteiger partial charge on any atom is 0.0664 e. The number of benzene rings is 2. The highest BCUT2D eigenvalue weighted by molar-refractivity contribution is 5.93. The van der Waals surface area contributed by atoms with Crippen molar-refractivity contribution in [3.05, 3.63) is 42.5 Å². The molecular weight excluding hydrogens is 210 g/mol. The molecule has 0 heterocycles. The molecule has 0 saturated heterocycles. The van der Waals surface area contributed by atoms with Gasteiger partial charge in [0.1, 0.15) is 0 Å². The van der Waals surface area contributed by atoms with Crippen LogP contribution >= 0.6 is 0 Å². The molecule has 90 valence electrons. The van der Waals surface area contributed by atoms with Gasteiger partial charge in [0.05, 0.1) is 6.61 Å². The van der Waals surface area contributed by atoms with Crippen molar-refractivity contribution in [2.45, 2.75) is 19.9 Å². The molecule has 0 spiro atoms. The summed E-state index contributed by atoms with van der Waals surface area (Å²) < 4.78 is 5.42. The molecule has 1 atom stereocenters. The molecule has 0 saturated carbocycles. The molecule has 0 fully saturated rings. The van der Waals surface area contributed by atoms with E-state index in [9.17, 15) is 0 Å². The molecule has 0 bridgehead atoms. The molecule has 0 radical (unpaired) electrons. The summed E-state index contributed by atoms with van der Waals surface area (Å²) in [4.78, 5) is 0. The van der Waals surface area contributed by atoms with Crippen LogP contribution in [0.3, 0.4) is 0 Å². The Morgan fingerprint density at radius 1 is 1.12 bits per heavy atom. The van der Waals surface area contributed by atoms with Gasteiger partial charge in [-0.15, -0.1) is 0 Å². The number of ether oxygens (including phenoxy) is 1. The number of anilines is 1. The molecule has 0 aromatic heterocycles. The zero-order valence-electron chi connectivity index (χ0n) is 10.4. The summed E-state index contributed by atoms with van der Waals surface area (Å²) in [6.45, 7) is 5.66. The van der Waals surface area contributed by atoms with Gasteiger partial charge in [0.25, 0.3) is 0 Å². The summed E-state index contributed by atoms with van der Waals surface area (Å²) in [5.41, 5.74) is 1.18. The van der Waals surface area contributed by atoms with E-state index in [-0.39, 0.29) is 0 Å². The lowest BCUT2D eigenvalue weighted by molar-refractivity contribution is 0.141. The Bertz CT molecular complexity index is 476. The molecule has 0 amide bonds. The zero-order valence-corrected chi connectivity index (χ0v) is 10.4.